The van der Waals surface area contributed by atoms with Crippen molar-refractivity contribution in [2.24, 2.45) is 5.92 Å². The molecule has 3 atom stereocenters. The minimum absolute atomic E-state index is 0.0489. The molecule has 0 aliphatic heterocycles. The van der Waals surface area contributed by atoms with E-state index in [0.29, 0.717) is 5.00 Å². The van der Waals surface area contributed by atoms with E-state index in [1.165, 1.54) is 23.1 Å². The van der Waals surface area contributed by atoms with E-state index in [4.69, 9.17) is 4.74 Å². The predicted molar refractivity (Wildman–Crippen MR) is 116 cm³/mol. The number of nitrogens with one attached hydrogen (secondary N) is 1. The van der Waals surface area contributed by atoms with E-state index in [-0.39, 0.29) is 16.4 Å². The van der Waals surface area contributed by atoms with E-state index < -0.39 is 39.3 Å². The lowest BCUT2D eigenvalue weighted by Crippen LogP contribution is -2.45. The molecule has 0 radical (unpaired) electrons. The lowest BCUT2D eigenvalue weighted by molar-refractivity contribution is -0.140. The molecule has 0 saturated heterocycles. The Bertz CT molecular complexity index is 1270. The number of sulfonamides is 1. The molecule has 1 aliphatic carbocycles. The number of aromatic nitrogens is 2. The highest BCUT2D eigenvalue weighted by Gasteiger charge is 2.70. The van der Waals surface area contributed by atoms with E-state index in [0.717, 1.165) is 16.9 Å². The molecule has 3 aromatic rings. The number of carboxylic acid groups (broad SMARTS) is 1. The highest BCUT2D eigenvalue weighted by atomic mass is 32.2. The molecule has 1 unspecified atom stereocenters. The van der Waals surface area contributed by atoms with E-state index in [2.05, 4.69) is 9.82 Å². The van der Waals surface area contributed by atoms with Crippen molar-refractivity contribution in [1.82, 2.24) is 14.5 Å². The van der Waals surface area contributed by atoms with Crippen LogP contribution < -0.4 is 4.72 Å². The largest absolute Gasteiger partial charge is 0.480 e. The van der Waals surface area contributed by atoms with Crippen LogP contribution in [0.1, 0.15) is 35.7 Å². The van der Waals surface area contributed by atoms with E-state index in [1.807, 2.05) is 6.07 Å². The van der Waals surface area contributed by atoms with Gasteiger partial charge in [-0.05, 0) is 30.5 Å². The second kappa shape index (κ2) is 8.15. The number of ether oxygens (including phenoxy) is 1. The topological polar surface area (TPSA) is 128 Å². The van der Waals surface area contributed by atoms with Crippen molar-refractivity contribution < 1.29 is 27.9 Å². The Kier molecular flexibility index (Phi) is 5.65. The van der Waals surface area contributed by atoms with Crippen molar-refractivity contribution in [2.75, 3.05) is 6.61 Å². The lowest BCUT2D eigenvalue weighted by Gasteiger charge is -2.15. The summed E-state index contributed by atoms with van der Waals surface area (Å²) < 4.78 is 34.9. The van der Waals surface area contributed by atoms with Gasteiger partial charge >= 0.3 is 11.9 Å². The molecule has 9 nitrogen and oxygen atoms in total. The summed E-state index contributed by atoms with van der Waals surface area (Å²) >= 11 is 0.915. The number of thiophene rings is 1. The summed E-state index contributed by atoms with van der Waals surface area (Å²) in [6.45, 7) is 3.64. The summed E-state index contributed by atoms with van der Waals surface area (Å²) in [5.74, 6) is -2.64. The molecular weight excluding hydrogens is 454 g/mol. The monoisotopic (exact) mass is 475 g/mol. The molecule has 0 amide bonds. The van der Waals surface area contributed by atoms with Gasteiger partial charge in [-0.25, -0.2) is 17.9 Å². The van der Waals surface area contributed by atoms with Gasteiger partial charge in [-0.2, -0.15) is 9.82 Å². The zero-order valence-corrected chi connectivity index (χ0v) is 18.9. The van der Waals surface area contributed by atoms with Crippen molar-refractivity contribution in [1.29, 1.82) is 0 Å². The van der Waals surface area contributed by atoms with Gasteiger partial charge in [-0.15, -0.1) is 11.3 Å². The Balaban J connectivity index is 1.59. The second-order valence-electron chi connectivity index (χ2n) is 7.44. The molecule has 1 aliphatic rings. The van der Waals surface area contributed by atoms with Crippen LogP contribution >= 0.6 is 11.3 Å². The fraction of sp³-hybridized carbons (Fsp3) is 0.286. The van der Waals surface area contributed by atoms with Gasteiger partial charge in [0.1, 0.15) is 14.7 Å². The Morgan fingerprint density at radius 3 is 2.62 bits per heavy atom. The molecule has 32 heavy (non-hydrogen) atoms. The molecule has 2 aromatic heterocycles. The first-order valence-corrected chi connectivity index (χ1v) is 12.1. The van der Waals surface area contributed by atoms with Crippen LogP contribution in [0.2, 0.25) is 0 Å². The number of rotatable bonds is 8. The summed E-state index contributed by atoms with van der Waals surface area (Å²) in [5, 5.41) is 14.4. The number of aliphatic carboxylic acids is 1. The Morgan fingerprint density at radius 2 is 1.97 bits per heavy atom. The first-order valence-electron chi connectivity index (χ1n) is 9.85. The standard InChI is InChI=1S/C21H21N3O6S2/c1-3-30-19(25)15-11-22-24(12-15)16-9-10-17(31-16)32(28,29)23-21(20(26)27)13(2)18(21)14-7-5-4-6-8-14/h4-13,18,23H,3H2,1-2H3,(H,26,27)/t13?,18-,21+/m1/s1. The van der Waals surface area contributed by atoms with Crippen LogP contribution in [0.3, 0.4) is 0 Å². The third-order valence-corrected chi connectivity index (χ3v) is 8.62. The summed E-state index contributed by atoms with van der Waals surface area (Å²) in [6, 6.07) is 11.9. The number of carboxylic acids is 1. The normalized spacial score (nSPS) is 22.4. The highest BCUT2D eigenvalue weighted by Crippen LogP contribution is 2.58. The molecular formula is C21H21N3O6S2. The fourth-order valence-electron chi connectivity index (χ4n) is 3.91. The summed E-state index contributed by atoms with van der Waals surface area (Å²) in [7, 11) is -4.12. The van der Waals surface area contributed by atoms with E-state index >= 15 is 0 Å². The third-order valence-electron chi connectivity index (χ3n) is 5.57. The average molecular weight is 476 g/mol. The van der Waals surface area contributed by atoms with Crippen LogP contribution in [0.4, 0.5) is 0 Å². The van der Waals surface area contributed by atoms with Gasteiger partial charge in [0.05, 0.1) is 18.4 Å². The number of esters is 1. The molecule has 0 spiro atoms. The second-order valence-corrected chi connectivity index (χ2v) is 10.4. The van der Waals surface area contributed by atoms with Crippen LogP contribution in [0, 0.1) is 5.92 Å². The number of benzene rings is 1. The van der Waals surface area contributed by atoms with Crippen molar-refractivity contribution in [2.45, 2.75) is 29.5 Å². The highest BCUT2D eigenvalue weighted by molar-refractivity contribution is 7.91. The summed E-state index contributed by atoms with van der Waals surface area (Å²) in [5.41, 5.74) is -0.613. The zero-order valence-electron chi connectivity index (χ0n) is 17.3. The maximum atomic E-state index is 13.1. The van der Waals surface area contributed by atoms with Gasteiger partial charge < -0.3 is 9.84 Å². The first kappa shape index (κ1) is 22.2. The van der Waals surface area contributed by atoms with Crippen LogP contribution in [-0.2, 0) is 19.6 Å². The first-order chi connectivity index (χ1) is 15.2. The van der Waals surface area contributed by atoms with Gasteiger partial charge in [0.25, 0.3) is 10.0 Å². The van der Waals surface area contributed by atoms with Crippen LogP contribution in [0.5, 0.6) is 0 Å². The molecule has 1 aromatic carbocycles. The molecule has 1 saturated carbocycles. The molecule has 2 heterocycles. The van der Waals surface area contributed by atoms with Gasteiger partial charge in [-0.3, -0.25) is 4.79 Å². The van der Waals surface area contributed by atoms with Crippen molar-refractivity contribution in [3.05, 3.63) is 66.0 Å². The summed E-state index contributed by atoms with van der Waals surface area (Å²) in [4.78, 5) is 24.0. The Hall–Kier alpha value is -3.02. The number of nitrogens with zero attached hydrogens (tertiary/aromatic N) is 2. The van der Waals surface area contributed by atoms with Crippen molar-refractivity contribution in [3.63, 3.8) is 0 Å². The van der Waals surface area contributed by atoms with Crippen molar-refractivity contribution in [3.8, 4) is 5.00 Å². The Labute approximate surface area is 188 Å². The maximum absolute atomic E-state index is 13.1. The molecule has 168 valence electrons. The molecule has 2 N–H and O–H groups in total. The number of carbonyl (C=O) groups is 2. The SMILES string of the molecule is CCOC(=O)c1cnn(-c2ccc(S(=O)(=O)N[C@@]3(C(=O)O)C(C)[C@@H]3c3ccccc3)s2)c1. The Morgan fingerprint density at radius 1 is 1.25 bits per heavy atom. The number of carbonyl (C=O) groups excluding carboxylic acids is 1. The van der Waals surface area contributed by atoms with Crippen LogP contribution in [-0.4, -0.2) is 47.4 Å². The lowest BCUT2D eigenvalue weighted by atomic mass is 10.1. The number of hydrogen-bond donors (Lipinski definition) is 2. The van der Waals surface area contributed by atoms with Gasteiger partial charge in [0, 0.05) is 12.1 Å². The van der Waals surface area contributed by atoms with Gasteiger partial charge in [0.2, 0.25) is 0 Å². The fourth-order valence-corrected chi connectivity index (χ4v) is 6.60. The summed E-state index contributed by atoms with van der Waals surface area (Å²) in [6.07, 6.45) is 2.78. The maximum Gasteiger partial charge on any atom is 0.341 e. The molecule has 1 fully saturated rings. The molecule has 0 bridgehead atoms. The minimum atomic E-state index is -4.12. The van der Waals surface area contributed by atoms with Gasteiger partial charge in [0.15, 0.2) is 0 Å². The van der Waals surface area contributed by atoms with Crippen LogP contribution in [0.25, 0.3) is 5.00 Å². The number of hydrogen-bond acceptors (Lipinski definition) is 7. The van der Waals surface area contributed by atoms with Crippen molar-refractivity contribution >= 4 is 33.3 Å². The van der Waals surface area contributed by atoms with E-state index in [9.17, 15) is 23.1 Å². The third kappa shape index (κ3) is 3.72. The smallest absolute Gasteiger partial charge is 0.341 e. The average Bonchev–Trinajstić information content (AvgIpc) is 3.20. The minimum Gasteiger partial charge on any atom is -0.480 e. The zero-order chi connectivity index (χ0) is 23.1. The molecule has 4 rings (SSSR count). The quantitative estimate of drug-likeness (QED) is 0.479. The molecule has 11 heteroatoms. The van der Waals surface area contributed by atoms with Gasteiger partial charge in [-0.1, -0.05) is 37.3 Å². The van der Waals surface area contributed by atoms with E-state index in [1.54, 1.807) is 44.2 Å². The van der Waals surface area contributed by atoms with Crippen LogP contribution in [0.15, 0.2) is 59.1 Å². The predicted octanol–water partition coefficient (Wildman–Crippen LogP) is 2.65.